The lowest BCUT2D eigenvalue weighted by atomic mass is 10.2. The maximum atomic E-state index is 12.2. The van der Waals surface area contributed by atoms with E-state index in [9.17, 15) is 14.9 Å². The standard InChI is InChI=1S/C18H21N3O4S.ClH/c22-18(13-25-16-7-2-1-6-14(16)21(23)24)19-12-15(17-8-5-11-26-17)20-9-3-4-10-20;/h1-2,5-8,11,15H,3-4,9-10,12-13H2,(H,19,22);1H. The number of benzene rings is 1. The van der Waals surface area contributed by atoms with E-state index in [2.05, 4.69) is 16.3 Å². The third-order valence-electron chi connectivity index (χ3n) is 4.37. The number of carbonyl (C=O) groups is 1. The Labute approximate surface area is 167 Å². The first-order chi connectivity index (χ1) is 12.6. The highest BCUT2D eigenvalue weighted by molar-refractivity contribution is 7.10. The summed E-state index contributed by atoms with van der Waals surface area (Å²) in [5.41, 5.74) is -0.145. The van der Waals surface area contributed by atoms with Gasteiger partial charge in [0.15, 0.2) is 12.4 Å². The van der Waals surface area contributed by atoms with E-state index in [1.807, 2.05) is 11.4 Å². The van der Waals surface area contributed by atoms with Gasteiger partial charge in [0.2, 0.25) is 0 Å². The van der Waals surface area contributed by atoms with E-state index in [0.29, 0.717) is 6.54 Å². The molecular formula is C18H22ClN3O4S. The lowest BCUT2D eigenvalue weighted by Gasteiger charge is -2.26. The Hall–Kier alpha value is -2.16. The van der Waals surface area contributed by atoms with Gasteiger partial charge in [0.25, 0.3) is 5.91 Å². The van der Waals surface area contributed by atoms with Gasteiger partial charge >= 0.3 is 5.69 Å². The molecule has 2 heterocycles. The monoisotopic (exact) mass is 411 g/mol. The molecule has 1 unspecified atom stereocenters. The molecule has 0 spiro atoms. The van der Waals surface area contributed by atoms with Crippen LogP contribution in [-0.4, -0.2) is 42.0 Å². The number of thiophene rings is 1. The van der Waals surface area contributed by atoms with Gasteiger partial charge in [-0.3, -0.25) is 19.8 Å². The molecule has 0 bridgehead atoms. The van der Waals surface area contributed by atoms with Gasteiger partial charge in [0.05, 0.1) is 11.0 Å². The number of nitrogens with zero attached hydrogens (tertiary/aromatic N) is 2. The molecule has 0 radical (unpaired) electrons. The van der Waals surface area contributed by atoms with E-state index in [1.165, 1.54) is 29.9 Å². The summed E-state index contributed by atoms with van der Waals surface area (Å²) in [6.45, 7) is 2.32. The minimum atomic E-state index is -0.520. The Balaban J connectivity index is 0.00000261. The molecule has 3 rings (SSSR count). The second-order valence-corrected chi connectivity index (χ2v) is 7.07. The Morgan fingerprint density at radius 2 is 2.00 bits per heavy atom. The van der Waals surface area contributed by atoms with Gasteiger partial charge in [-0.1, -0.05) is 18.2 Å². The van der Waals surface area contributed by atoms with Crippen molar-refractivity contribution >= 4 is 35.3 Å². The molecule has 1 amide bonds. The van der Waals surface area contributed by atoms with Gasteiger partial charge in [0, 0.05) is 17.5 Å². The summed E-state index contributed by atoms with van der Waals surface area (Å²) in [6.07, 6.45) is 2.35. The van der Waals surface area contributed by atoms with E-state index in [4.69, 9.17) is 4.74 Å². The van der Waals surface area contributed by atoms with Gasteiger partial charge in [-0.15, -0.1) is 23.7 Å². The number of nitro benzene ring substituents is 1. The minimum Gasteiger partial charge on any atom is -0.477 e. The van der Waals surface area contributed by atoms with Crippen molar-refractivity contribution in [2.24, 2.45) is 0 Å². The number of hydrogen-bond donors (Lipinski definition) is 1. The van der Waals surface area contributed by atoms with E-state index >= 15 is 0 Å². The van der Waals surface area contributed by atoms with Crippen molar-refractivity contribution in [3.05, 3.63) is 56.8 Å². The summed E-state index contributed by atoms with van der Waals surface area (Å²) < 4.78 is 5.34. The summed E-state index contributed by atoms with van der Waals surface area (Å²) in [7, 11) is 0. The number of hydrogen-bond acceptors (Lipinski definition) is 6. The van der Waals surface area contributed by atoms with Crippen LogP contribution in [-0.2, 0) is 4.79 Å². The number of nitro groups is 1. The second kappa shape index (κ2) is 10.2. The van der Waals surface area contributed by atoms with E-state index in [-0.39, 0.29) is 42.4 Å². The number of carbonyl (C=O) groups excluding carboxylic acids is 1. The molecule has 1 N–H and O–H groups in total. The third kappa shape index (κ3) is 5.66. The molecule has 1 aliphatic heterocycles. The molecule has 1 saturated heterocycles. The third-order valence-corrected chi connectivity index (χ3v) is 5.34. The molecule has 27 heavy (non-hydrogen) atoms. The Kier molecular flexibility index (Phi) is 8.02. The number of likely N-dealkylation sites (tertiary alicyclic amines) is 1. The van der Waals surface area contributed by atoms with Gasteiger partial charge in [-0.25, -0.2) is 0 Å². The molecule has 1 aliphatic rings. The van der Waals surface area contributed by atoms with Crippen molar-refractivity contribution in [1.29, 1.82) is 0 Å². The zero-order valence-electron chi connectivity index (χ0n) is 14.7. The van der Waals surface area contributed by atoms with Crippen LogP contribution in [0.4, 0.5) is 5.69 Å². The zero-order valence-corrected chi connectivity index (χ0v) is 16.3. The SMILES string of the molecule is Cl.O=C(COc1ccccc1[N+](=O)[O-])NCC(c1cccs1)N1CCCC1. The maximum absolute atomic E-state index is 12.2. The van der Waals surface area contributed by atoms with Crippen LogP contribution in [0.1, 0.15) is 23.8 Å². The number of nitrogens with one attached hydrogen (secondary N) is 1. The molecule has 0 saturated carbocycles. The maximum Gasteiger partial charge on any atom is 0.310 e. The molecule has 2 aromatic rings. The van der Waals surface area contributed by atoms with E-state index < -0.39 is 4.92 Å². The van der Waals surface area contributed by atoms with Crippen molar-refractivity contribution < 1.29 is 14.5 Å². The highest BCUT2D eigenvalue weighted by atomic mass is 35.5. The first-order valence-corrected chi connectivity index (χ1v) is 9.43. The average Bonchev–Trinajstić information content (AvgIpc) is 3.35. The number of para-hydroxylation sites is 2. The van der Waals surface area contributed by atoms with E-state index in [1.54, 1.807) is 23.5 Å². The van der Waals surface area contributed by atoms with Crippen LogP contribution < -0.4 is 10.1 Å². The highest BCUT2D eigenvalue weighted by Gasteiger charge is 2.24. The van der Waals surface area contributed by atoms with Gasteiger partial charge in [0.1, 0.15) is 0 Å². The average molecular weight is 412 g/mol. The van der Waals surface area contributed by atoms with E-state index in [0.717, 1.165) is 13.1 Å². The molecule has 1 atom stereocenters. The largest absolute Gasteiger partial charge is 0.477 e. The predicted octanol–water partition coefficient (Wildman–Crippen LogP) is 3.41. The Morgan fingerprint density at radius 3 is 2.67 bits per heavy atom. The smallest absolute Gasteiger partial charge is 0.310 e. The van der Waals surface area contributed by atoms with Crippen molar-refractivity contribution in [2.75, 3.05) is 26.2 Å². The molecule has 146 valence electrons. The fraction of sp³-hybridized carbons (Fsp3) is 0.389. The predicted molar refractivity (Wildman–Crippen MR) is 107 cm³/mol. The van der Waals surface area contributed by atoms with Crippen molar-refractivity contribution in [2.45, 2.75) is 18.9 Å². The summed E-state index contributed by atoms with van der Waals surface area (Å²) in [5, 5.41) is 15.9. The van der Waals surface area contributed by atoms with Crippen LogP contribution in [0.5, 0.6) is 5.75 Å². The lowest BCUT2D eigenvalue weighted by Crippen LogP contribution is -2.38. The van der Waals surface area contributed by atoms with Crippen LogP contribution >= 0.6 is 23.7 Å². The zero-order chi connectivity index (χ0) is 18.4. The highest BCUT2D eigenvalue weighted by Crippen LogP contribution is 2.28. The molecule has 0 aliphatic carbocycles. The molecule has 1 aromatic heterocycles. The lowest BCUT2D eigenvalue weighted by molar-refractivity contribution is -0.385. The van der Waals surface area contributed by atoms with Crippen molar-refractivity contribution in [3.63, 3.8) is 0 Å². The first-order valence-electron chi connectivity index (χ1n) is 8.55. The first kappa shape index (κ1) is 21.1. The quantitative estimate of drug-likeness (QED) is 0.531. The van der Waals surface area contributed by atoms with Crippen LogP contribution in [0.3, 0.4) is 0 Å². The van der Waals surface area contributed by atoms with Crippen LogP contribution in [0.2, 0.25) is 0 Å². The summed E-state index contributed by atoms with van der Waals surface area (Å²) in [6, 6.07) is 10.3. The molecule has 7 nitrogen and oxygen atoms in total. The fourth-order valence-electron chi connectivity index (χ4n) is 3.08. The van der Waals surface area contributed by atoms with Crippen molar-refractivity contribution in [1.82, 2.24) is 10.2 Å². The molecular weight excluding hydrogens is 390 g/mol. The van der Waals surface area contributed by atoms with Crippen LogP contribution in [0.25, 0.3) is 0 Å². The van der Waals surface area contributed by atoms with Crippen molar-refractivity contribution in [3.8, 4) is 5.75 Å². The van der Waals surface area contributed by atoms with Gasteiger partial charge in [-0.2, -0.15) is 0 Å². The molecule has 9 heteroatoms. The van der Waals surface area contributed by atoms with Gasteiger partial charge in [-0.05, 0) is 43.4 Å². The number of amides is 1. The minimum absolute atomic E-state index is 0. The van der Waals surface area contributed by atoms with Crippen LogP contribution in [0.15, 0.2) is 41.8 Å². The Morgan fingerprint density at radius 1 is 1.26 bits per heavy atom. The summed E-state index contributed by atoms with van der Waals surface area (Å²) in [5.74, 6) is -0.189. The number of halogens is 1. The van der Waals surface area contributed by atoms with Crippen LogP contribution in [0, 0.1) is 10.1 Å². The summed E-state index contributed by atoms with van der Waals surface area (Å²) >= 11 is 1.69. The second-order valence-electron chi connectivity index (χ2n) is 6.09. The molecule has 1 fully saturated rings. The fourth-order valence-corrected chi connectivity index (χ4v) is 3.94. The number of ether oxygens (including phenoxy) is 1. The van der Waals surface area contributed by atoms with Gasteiger partial charge < -0.3 is 10.1 Å². The number of rotatable bonds is 8. The summed E-state index contributed by atoms with van der Waals surface area (Å²) in [4.78, 5) is 26.2. The Bertz CT molecular complexity index is 751. The molecule has 1 aromatic carbocycles. The normalized spacial score (nSPS) is 15.0. The topological polar surface area (TPSA) is 84.7 Å².